The summed E-state index contributed by atoms with van der Waals surface area (Å²) < 4.78 is 2.16. The molecule has 3 aromatic carbocycles. The van der Waals surface area contributed by atoms with E-state index in [1.807, 2.05) is 66.7 Å². The van der Waals surface area contributed by atoms with Gasteiger partial charge in [0.05, 0.1) is 11.3 Å². The summed E-state index contributed by atoms with van der Waals surface area (Å²) in [5.74, 6) is -0.0782. The molecular weight excluding hydrogens is 334 g/mol. The Hall–Kier alpha value is -3.53. The molecular formula is C23H21N3O. The van der Waals surface area contributed by atoms with Gasteiger partial charge in [0.2, 0.25) is 0 Å². The highest BCUT2D eigenvalue weighted by Gasteiger charge is 2.11. The van der Waals surface area contributed by atoms with Crippen LogP contribution < -0.4 is 10.6 Å². The van der Waals surface area contributed by atoms with Crippen LogP contribution in [0.4, 0.5) is 11.4 Å². The molecule has 1 amide bonds. The zero-order valence-electron chi connectivity index (χ0n) is 14.9. The van der Waals surface area contributed by atoms with Gasteiger partial charge in [0.1, 0.15) is 0 Å². The number of rotatable bonds is 6. The molecule has 0 fully saturated rings. The van der Waals surface area contributed by atoms with Crippen LogP contribution in [0.3, 0.4) is 0 Å². The average Bonchev–Trinajstić information content (AvgIpc) is 3.12. The number of aromatic nitrogens is 1. The normalized spacial score (nSPS) is 10.7. The number of para-hydroxylation sites is 3. The summed E-state index contributed by atoms with van der Waals surface area (Å²) in [5.41, 5.74) is 3.57. The molecule has 4 aromatic rings. The van der Waals surface area contributed by atoms with E-state index in [0.29, 0.717) is 12.1 Å². The number of hydrogen-bond donors (Lipinski definition) is 2. The van der Waals surface area contributed by atoms with Crippen molar-refractivity contribution in [1.29, 1.82) is 0 Å². The molecule has 0 saturated carbocycles. The zero-order chi connectivity index (χ0) is 18.5. The number of anilines is 2. The molecule has 1 aromatic heterocycles. The van der Waals surface area contributed by atoms with Crippen LogP contribution in [-0.4, -0.2) is 17.0 Å². The summed E-state index contributed by atoms with van der Waals surface area (Å²) in [6, 6.07) is 27.8. The van der Waals surface area contributed by atoms with Gasteiger partial charge in [0, 0.05) is 30.5 Å². The molecule has 4 nitrogen and oxygen atoms in total. The van der Waals surface area contributed by atoms with Crippen molar-refractivity contribution in [1.82, 2.24) is 9.88 Å². The van der Waals surface area contributed by atoms with Crippen molar-refractivity contribution in [3.05, 3.63) is 96.7 Å². The Morgan fingerprint density at radius 3 is 2.44 bits per heavy atom. The van der Waals surface area contributed by atoms with E-state index in [9.17, 15) is 4.79 Å². The van der Waals surface area contributed by atoms with Gasteiger partial charge in [-0.3, -0.25) is 4.79 Å². The summed E-state index contributed by atoms with van der Waals surface area (Å²) in [7, 11) is 0. The molecule has 0 unspecified atom stereocenters. The first-order chi connectivity index (χ1) is 13.3. The van der Waals surface area contributed by atoms with Gasteiger partial charge >= 0.3 is 0 Å². The van der Waals surface area contributed by atoms with Crippen molar-refractivity contribution in [2.24, 2.45) is 0 Å². The number of carbonyl (C=O) groups is 1. The lowest BCUT2D eigenvalue weighted by Crippen LogP contribution is -2.27. The van der Waals surface area contributed by atoms with Crippen molar-refractivity contribution in [2.45, 2.75) is 6.54 Å². The molecule has 1 heterocycles. The highest BCUT2D eigenvalue weighted by molar-refractivity contribution is 6.00. The summed E-state index contributed by atoms with van der Waals surface area (Å²) >= 11 is 0. The predicted molar refractivity (Wildman–Crippen MR) is 110 cm³/mol. The van der Waals surface area contributed by atoms with Gasteiger partial charge in [-0.25, -0.2) is 0 Å². The topological polar surface area (TPSA) is 46.1 Å². The smallest absolute Gasteiger partial charge is 0.253 e. The number of hydrogen-bond acceptors (Lipinski definition) is 2. The average molecular weight is 355 g/mol. The first kappa shape index (κ1) is 16.9. The number of fused-ring (bicyclic) bond motifs is 1. The van der Waals surface area contributed by atoms with Gasteiger partial charge in [-0.15, -0.1) is 0 Å². The van der Waals surface area contributed by atoms with Gasteiger partial charge in [0.25, 0.3) is 5.91 Å². The molecule has 2 N–H and O–H groups in total. The van der Waals surface area contributed by atoms with Gasteiger partial charge in [-0.1, -0.05) is 48.5 Å². The summed E-state index contributed by atoms with van der Waals surface area (Å²) in [5, 5.41) is 7.55. The van der Waals surface area contributed by atoms with E-state index in [1.54, 1.807) is 0 Å². The van der Waals surface area contributed by atoms with E-state index in [2.05, 4.69) is 39.6 Å². The fourth-order valence-electron chi connectivity index (χ4n) is 3.19. The van der Waals surface area contributed by atoms with Gasteiger partial charge in [-0.05, 0) is 41.8 Å². The lowest BCUT2D eigenvalue weighted by molar-refractivity contribution is 0.0953. The predicted octanol–water partition coefficient (Wildman–Crippen LogP) is 4.81. The van der Waals surface area contributed by atoms with Crippen LogP contribution >= 0.6 is 0 Å². The fraction of sp³-hybridized carbons (Fsp3) is 0.0870. The Kier molecular flexibility index (Phi) is 4.88. The lowest BCUT2D eigenvalue weighted by atomic mass is 10.1. The van der Waals surface area contributed by atoms with E-state index in [-0.39, 0.29) is 5.91 Å². The van der Waals surface area contributed by atoms with E-state index in [4.69, 9.17) is 0 Å². The van der Waals surface area contributed by atoms with E-state index >= 15 is 0 Å². The summed E-state index contributed by atoms with van der Waals surface area (Å²) in [6.45, 7) is 1.30. The molecule has 27 heavy (non-hydrogen) atoms. The highest BCUT2D eigenvalue weighted by atomic mass is 16.1. The Bertz CT molecular complexity index is 1050. The number of nitrogens with one attached hydrogen (secondary N) is 2. The highest BCUT2D eigenvalue weighted by Crippen LogP contribution is 2.20. The minimum atomic E-state index is -0.0782. The molecule has 134 valence electrons. The minimum absolute atomic E-state index is 0.0782. The van der Waals surface area contributed by atoms with Crippen LogP contribution in [-0.2, 0) is 6.54 Å². The number of carbonyl (C=O) groups excluding carboxylic acids is 1. The van der Waals surface area contributed by atoms with Crippen LogP contribution in [0.1, 0.15) is 10.4 Å². The third-order valence-corrected chi connectivity index (χ3v) is 4.54. The third kappa shape index (κ3) is 3.85. The number of nitrogens with zero attached hydrogens (tertiary/aromatic N) is 1. The van der Waals surface area contributed by atoms with Crippen LogP contribution in [0.25, 0.3) is 10.9 Å². The largest absolute Gasteiger partial charge is 0.355 e. The Morgan fingerprint density at radius 1 is 0.815 bits per heavy atom. The molecule has 0 aliphatic carbocycles. The molecule has 0 aliphatic rings. The maximum Gasteiger partial charge on any atom is 0.253 e. The number of benzene rings is 3. The van der Waals surface area contributed by atoms with Crippen molar-refractivity contribution >= 4 is 28.2 Å². The second-order valence-electron chi connectivity index (χ2n) is 6.36. The monoisotopic (exact) mass is 355 g/mol. The molecule has 0 atom stereocenters. The van der Waals surface area contributed by atoms with Crippen LogP contribution in [0.15, 0.2) is 91.1 Å². The van der Waals surface area contributed by atoms with Gasteiger partial charge < -0.3 is 15.2 Å². The van der Waals surface area contributed by atoms with E-state index in [1.165, 1.54) is 10.9 Å². The van der Waals surface area contributed by atoms with E-state index < -0.39 is 0 Å². The summed E-state index contributed by atoms with van der Waals surface area (Å²) in [4.78, 5) is 12.7. The minimum Gasteiger partial charge on any atom is -0.355 e. The fourth-order valence-corrected chi connectivity index (χ4v) is 3.19. The van der Waals surface area contributed by atoms with Crippen molar-refractivity contribution in [3.8, 4) is 0 Å². The zero-order valence-corrected chi connectivity index (χ0v) is 14.9. The molecule has 0 spiro atoms. The molecule has 4 rings (SSSR count). The maximum atomic E-state index is 12.7. The molecule has 4 heteroatoms. The third-order valence-electron chi connectivity index (χ3n) is 4.54. The Morgan fingerprint density at radius 2 is 1.56 bits per heavy atom. The lowest BCUT2D eigenvalue weighted by Gasteiger charge is -2.13. The Labute approximate surface area is 158 Å². The van der Waals surface area contributed by atoms with Crippen LogP contribution in [0.2, 0.25) is 0 Å². The van der Waals surface area contributed by atoms with Crippen LogP contribution in [0, 0.1) is 0 Å². The molecule has 0 bridgehead atoms. The first-order valence-electron chi connectivity index (χ1n) is 9.04. The van der Waals surface area contributed by atoms with Crippen molar-refractivity contribution < 1.29 is 4.79 Å². The van der Waals surface area contributed by atoms with E-state index in [0.717, 1.165) is 17.9 Å². The second kappa shape index (κ2) is 7.79. The quantitative estimate of drug-likeness (QED) is 0.521. The maximum absolute atomic E-state index is 12.7. The van der Waals surface area contributed by atoms with Gasteiger partial charge in [-0.2, -0.15) is 0 Å². The number of amides is 1. The standard InChI is InChI=1S/C23H21N3O/c27-23(24-15-17-26-16-14-18-8-4-7-13-22(18)26)20-11-5-6-12-21(20)25-19-9-2-1-3-10-19/h1-14,16,25H,15,17H2,(H,24,27). The molecule has 0 aliphatic heterocycles. The Balaban J connectivity index is 1.43. The molecule has 0 saturated heterocycles. The first-order valence-corrected chi connectivity index (χ1v) is 9.04. The van der Waals surface area contributed by atoms with Crippen molar-refractivity contribution in [2.75, 3.05) is 11.9 Å². The van der Waals surface area contributed by atoms with Crippen LogP contribution in [0.5, 0.6) is 0 Å². The van der Waals surface area contributed by atoms with Gasteiger partial charge in [0.15, 0.2) is 0 Å². The molecule has 0 radical (unpaired) electrons. The second-order valence-corrected chi connectivity index (χ2v) is 6.36. The summed E-state index contributed by atoms with van der Waals surface area (Å²) in [6.07, 6.45) is 2.06. The SMILES string of the molecule is O=C(NCCn1ccc2ccccc21)c1ccccc1Nc1ccccc1. The van der Waals surface area contributed by atoms with Crippen molar-refractivity contribution in [3.63, 3.8) is 0 Å².